The van der Waals surface area contributed by atoms with Gasteiger partial charge in [-0.15, -0.1) is 0 Å². The van der Waals surface area contributed by atoms with Gasteiger partial charge < -0.3 is 15.2 Å². The Kier molecular flexibility index (Phi) is 6.27. The molecule has 3 heterocycles. The average Bonchev–Trinajstić information content (AvgIpc) is 3.16. The number of piperidine rings is 1. The number of anilines is 1. The molecule has 1 atom stereocenters. The molecule has 1 saturated heterocycles. The lowest BCUT2D eigenvalue weighted by atomic mass is 9.99. The predicted octanol–water partition coefficient (Wildman–Crippen LogP) is 2.73. The topological polar surface area (TPSA) is 106 Å². The minimum Gasteiger partial charge on any atom is -0.330 e. The second kappa shape index (κ2) is 8.94. The van der Waals surface area contributed by atoms with Crippen LogP contribution in [0.25, 0.3) is 22.2 Å². The molecule has 8 nitrogen and oxygen atoms in total. The van der Waals surface area contributed by atoms with Crippen molar-refractivity contribution in [1.82, 2.24) is 19.9 Å². The van der Waals surface area contributed by atoms with E-state index in [0.717, 1.165) is 41.5 Å². The molecule has 0 aliphatic carbocycles. The summed E-state index contributed by atoms with van der Waals surface area (Å²) in [5.41, 5.74) is 3.14. The van der Waals surface area contributed by atoms with Crippen LogP contribution in [0.5, 0.6) is 0 Å². The van der Waals surface area contributed by atoms with Gasteiger partial charge in [-0.1, -0.05) is 17.7 Å². The number of aromatic nitrogens is 3. The Balaban J connectivity index is 1.61. The van der Waals surface area contributed by atoms with E-state index < -0.39 is 9.84 Å². The maximum Gasteiger partial charge on any atom is 0.229 e. The lowest BCUT2D eigenvalue weighted by Crippen LogP contribution is -2.37. The van der Waals surface area contributed by atoms with E-state index in [0.29, 0.717) is 23.9 Å². The molecule has 0 saturated carbocycles. The molecule has 2 N–H and O–H groups in total. The third-order valence-corrected chi connectivity index (χ3v) is 6.63. The number of sulfone groups is 1. The first kappa shape index (κ1) is 21.7. The summed E-state index contributed by atoms with van der Waals surface area (Å²) in [6.45, 7) is 1.93. The van der Waals surface area contributed by atoms with E-state index in [4.69, 9.17) is 11.6 Å². The first-order valence-corrected chi connectivity index (χ1v) is 12.5. The summed E-state index contributed by atoms with van der Waals surface area (Å²) in [5, 5.41) is 6.59. The van der Waals surface area contributed by atoms with Crippen molar-refractivity contribution < 1.29 is 13.2 Å². The molecule has 0 bridgehead atoms. The molecular formula is C21H24ClN5O3S. The third kappa shape index (κ3) is 5.23. The maximum absolute atomic E-state index is 12.6. The molecule has 4 rings (SSSR count). The van der Waals surface area contributed by atoms with Crippen LogP contribution in [0.15, 0.2) is 36.8 Å². The molecule has 1 unspecified atom stereocenters. The molecular weight excluding hydrogens is 438 g/mol. The van der Waals surface area contributed by atoms with Gasteiger partial charge >= 0.3 is 0 Å². The number of nitrogens with zero attached hydrogens (tertiary/aromatic N) is 3. The van der Waals surface area contributed by atoms with E-state index in [2.05, 4.69) is 20.6 Å². The largest absolute Gasteiger partial charge is 0.330 e. The van der Waals surface area contributed by atoms with Crippen molar-refractivity contribution >= 4 is 44.2 Å². The van der Waals surface area contributed by atoms with Gasteiger partial charge in [-0.2, -0.15) is 0 Å². The Morgan fingerprint density at radius 1 is 1.32 bits per heavy atom. The van der Waals surface area contributed by atoms with E-state index in [9.17, 15) is 13.2 Å². The number of carbonyl (C=O) groups excluding carboxylic acids is 1. The molecule has 1 aromatic carbocycles. The van der Waals surface area contributed by atoms with Crippen LogP contribution in [-0.4, -0.2) is 54.0 Å². The highest BCUT2D eigenvalue weighted by Gasteiger charge is 2.21. The normalized spacial score (nSPS) is 17.0. The number of amides is 1. The number of rotatable bonds is 6. The zero-order valence-electron chi connectivity index (χ0n) is 17.1. The molecule has 164 valence electrons. The smallest absolute Gasteiger partial charge is 0.229 e. The molecule has 2 aromatic heterocycles. The van der Waals surface area contributed by atoms with Crippen LogP contribution in [-0.2, 0) is 21.2 Å². The average molecular weight is 462 g/mol. The van der Waals surface area contributed by atoms with Crippen LogP contribution in [0.3, 0.4) is 0 Å². The summed E-state index contributed by atoms with van der Waals surface area (Å²) in [7, 11) is -3.09. The van der Waals surface area contributed by atoms with Crippen LogP contribution in [0, 0.1) is 5.92 Å². The highest BCUT2D eigenvalue weighted by atomic mass is 35.5. The number of aryl methyl sites for hydroxylation is 1. The van der Waals surface area contributed by atoms with Crippen molar-refractivity contribution in [2.24, 2.45) is 5.92 Å². The lowest BCUT2D eigenvalue weighted by molar-refractivity contribution is -0.120. The molecule has 31 heavy (non-hydrogen) atoms. The highest BCUT2D eigenvalue weighted by molar-refractivity contribution is 7.90. The Bertz CT molecular complexity index is 1220. The van der Waals surface area contributed by atoms with Crippen molar-refractivity contribution in [2.75, 3.05) is 30.4 Å². The van der Waals surface area contributed by atoms with E-state index in [1.54, 1.807) is 12.4 Å². The van der Waals surface area contributed by atoms with E-state index in [1.807, 2.05) is 22.8 Å². The van der Waals surface area contributed by atoms with Gasteiger partial charge in [-0.3, -0.25) is 4.79 Å². The molecule has 0 radical (unpaired) electrons. The van der Waals surface area contributed by atoms with E-state index in [-0.39, 0.29) is 17.6 Å². The summed E-state index contributed by atoms with van der Waals surface area (Å²) in [4.78, 5) is 21.2. The summed E-state index contributed by atoms with van der Waals surface area (Å²) < 4.78 is 24.9. The van der Waals surface area contributed by atoms with E-state index >= 15 is 0 Å². The Morgan fingerprint density at radius 3 is 2.90 bits per heavy atom. The summed E-state index contributed by atoms with van der Waals surface area (Å²) in [6.07, 6.45) is 6.21. The van der Waals surface area contributed by atoms with Gasteiger partial charge in [0.05, 0.1) is 34.1 Å². The summed E-state index contributed by atoms with van der Waals surface area (Å²) >= 11 is 6.41. The number of halogens is 1. The van der Waals surface area contributed by atoms with E-state index in [1.165, 1.54) is 12.5 Å². The number of nitrogens with one attached hydrogen (secondary N) is 2. The number of benzene rings is 1. The molecule has 3 aromatic rings. The molecule has 1 amide bonds. The molecule has 1 aliphatic rings. The zero-order chi connectivity index (χ0) is 22.0. The van der Waals surface area contributed by atoms with Crippen molar-refractivity contribution in [3.63, 3.8) is 0 Å². The number of pyridine rings is 1. The van der Waals surface area contributed by atoms with Gasteiger partial charge in [0.1, 0.15) is 15.7 Å². The summed E-state index contributed by atoms with van der Waals surface area (Å²) in [6, 6.07) is 7.44. The lowest BCUT2D eigenvalue weighted by Gasteiger charge is -2.21. The number of carbonyl (C=O) groups is 1. The number of hydrogen-bond donors (Lipinski definition) is 2. The van der Waals surface area contributed by atoms with Crippen LogP contribution < -0.4 is 10.6 Å². The predicted molar refractivity (Wildman–Crippen MR) is 122 cm³/mol. The zero-order valence-corrected chi connectivity index (χ0v) is 18.7. The van der Waals surface area contributed by atoms with Crippen molar-refractivity contribution in [2.45, 2.75) is 19.4 Å². The minimum atomic E-state index is -3.09. The Hall–Kier alpha value is -2.49. The summed E-state index contributed by atoms with van der Waals surface area (Å²) in [5.74, 6) is 0.350. The number of fused-ring (bicyclic) bond motifs is 1. The van der Waals surface area contributed by atoms with Crippen LogP contribution in [0.1, 0.15) is 12.8 Å². The second-order valence-electron chi connectivity index (χ2n) is 7.85. The monoisotopic (exact) mass is 461 g/mol. The van der Waals surface area contributed by atoms with Crippen LogP contribution >= 0.6 is 11.6 Å². The minimum absolute atomic E-state index is 0.0326. The molecule has 1 fully saturated rings. The highest BCUT2D eigenvalue weighted by Crippen LogP contribution is 2.31. The fourth-order valence-corrected chi connectivity index (χ4v) is 4.44. The number of hydrogen-bond acceptors (Lipinski definition) is 6. The standard InChI is InChI=1S/C21H24ClN5O3S/c1-31(29,30)8-7-27-13-25-18-5-4-14(9-19(18)27)16-10-20(24-12-17(16)22)26-21(28)15-3-2-6-23-11-15/h4-5,9-10,12-13,15,23H,2-3,6-8,11H2,1H3,(H,24,26,28). The second-order valence-corrected chi connectivity index (χ2v) is 10.5. The van der Waals surface area contributed by atoms with Crippen LogP contribution in [0.4, 0.5) is 5.82 Å². The van der Waals surface area contributed by atoms with Gasteiger partial charge in [0.15, 0.2) is 0 Å². The van der Waals surface area contributed by atoms with Crippen molar-refractivity contribution in [3.8, 4) is 11.1 Å². The fourth-order valence-electron chi connectivity index (χ4n) is 3.70. The Morgan fingerprint density at radius 2 is 2.16 bits per heavy atom. The number of imidazole rings is 1. The van der Waals surface area contributed by atoms with Gasteiger partial charge in [0.2, 0.25) is 5.91 Å². The SMILES string of the molecule is CS(=O)(=O)CCn1cnc2ccc(-c3cc(NC(=O)C4CCCNC4)ncc3Cl)cc21. The van der Waals surface area contributed by atoms with Crippen molar-refractivity contribution in [1.29, 1.82) is 0 Å². The van der Waals surface area contributed by atoms with Gasteiger partial charge in [0, 0.05) is 31.1 Å². The first-order valence-electron chi connectivity index (χ1n) is 10.1. The van der Waals surface area contributed by atoms with Gasteiger partial charge in [0.25, 0.3) is 0 Å². The fraction of sp³-hybridized carbons (Fsp3) is 0.381. The Labute approximate surface area is 185 Å². The van der Waals surface area contributed by atoms with Gasteiger partial charge in [-0.25, -0.2) is 18.4 Å². The first-order chi connectivity index (χ1) is 14.8. The molecule has 1 aliphatic heterocycles. The maximum atomic E-state index is 12.6. The van der Waals surface area contributed by atoms with Crippen molar-refractivity contribution in [3.05, 3.63) is 41.8 Å². The molecule has 10 heteroatoms. The quantitative estimate of drug-likeness (QED) is 0.584. The molecule has 0 spiro atoms. The van der Waals surface area contributed by atoms with Gasteiger partial charge in [-0.05, 0) is 43.1 Å². The van der Waals surface area contributed by atoms with Crippen LogP contribution in [0.2, 0.25) is 5.02 Å². The third-order valence-electron chi connectivity index (χ3n) is 5.41.